The van der Waals surface area contributed by atoms with Gasteiger partial charge >= 0.3 is 0 Å². The minimum Gasteiger partial charge on any atom is -0.383 e. The predicted molar refractivity (Wildman–Crippen MR) is 75.5 cm³/mol. The van der Waals surface area contributed by atoms with Gasteiger partial charge in [0.15, 0.2) is 0 Å². The lowest BCUT2D eigenvalue weighted by Gasteiger charge is -2.23. The van der Waals surface area contributed by atoms with E-state index in [0.717, 1.165) is 4.88 Å². The maximum Gasteiger partial charge on any atom is 0.220 e. The van der Waals surface area contributed by atoms with Crippen LogP contribution in [0.5, 0.6) is 0 Å². The van der Waals surface area contributed by atoms with Crippen LogP contribution in [0.4, 0.5) is 0 Å². The van der Waals surface area contributed by atoms with Gasteiger partial charge in [-0.2, -0.15) is 0 Å². The number of carbonyl (C=O) groups is 1. The minimum absolute atomic E-state index is 0.00744. The first-order valence-electron chi connectivity index (χ1n) is 6.36. The lowest BCUT2D eigenvalue weighted by Crippen LogP contribution is -2.38. The normalized spacial score (nSPS) is 16.3. The van der Waals surface area contributed by atoms with Gasteiger partial charge in [0.2, 0.25) is 5.91 Å². The highest BCUT2D eigenvalue weighted by atomic mass is 32.1. The number of hydrogen-bond donors (Lipinski definition) is 2. The topological polar surface area (TPSA) is 49.3 Å². The van der Waals surface area contributed by atoms with Gasteiger partial charge in [-0.25, -0.2) is 0 Å². The van der Waals surface area contributed by atoms with E-state index in [9.17, 15) is 9.90 Å². The third kappa shape index (κ3) is 4.42. The van der Waals surface area contributed by atoms with Crippen molar-refractivity contribution < 1.29 is 9.90 Å². The van der Waals surface area contributed by atoms with Crippen LogP contribution in [0.25, 0.3) is 0 Å². The lowest BCUT2D eigenvalue weighted by atomic mass is 9.94. The first kappa shape index (κ1) is 15.2. The Morgan fingerprint density at radius 2 is 2.17 bits per heavy atom. The van der Waals surface area contributed by atoms with Crippen molar-refractivity contribution in [1.82, 2.24) is 5.32 Å². The van der Waals surface area contributed by atoms with Crippen LogP contribution in [0.3, 0.4) is 0 Å². The number of carbonyl (C=O) groups excluding carboxylic acids is 1. The van der Waals surface area contributed by atoms with Gasteiger partial charge in [0, 0.05) is 11.3 Å². The summed E-state index contributed by atoms with van der Waals surface area (Å²) in [6.07, 6.45) is 0.512. The number of aliphatic hydroxyl groups is 1. The molecule has 102 valence electrons. The zero-order valence-corrected chi connectivity index (χ0v) is 12.4. The van der Waals surface area contributed by atoms with Crippen molar-refractivity contribution in [3.8, 4) is 0 Å². The Morgan fingerprint density at radius 3 is 2.67 bits per heavy atom. The van der Waals surface area contributed by atoms with Gasteiger partial charge in [-0.1, -0.05) is 26.8 Å². The number of amides is 1. The summed E-state index contributed by atoms with van der Waals surface area (Å²) >= 11 is 1.50. The molecule has 0 saturated carbocycles. The van der Waals surface area contributed by atoms with Crippen LogP contribution in [0, 0.1) is 11.8 Å². The Bertz CT molecular complexity index is 371. The smallest absolute Gasteiger partial charge is 0.220 e. The summed E-state index contributed by atoms with van der Waals surface area (Å²) in [5.41, 5.74) is -0.981. The van der Waals surface area contributed by atoms with E-state index in [-0.39, 0.29) is 12.5 Å². The summed E-state index contributed by atoms with van der Waals surface area (Å²) in [4.78, 5) is 12.6. The predicted octanol–water partition coefficient (Wildman–Crippen LogP) is 2.75. The summed E-state index contributed by atoms with van der Waals surface area (Å²) in [5, 5.41) is 15.0. The molecule has 0 aliphatic carbocycles. The van der Waals surface area contributed by atoms with E-state index >= 15 is 0 Å². The second-order valence-corrected chi connectivity index (χ2v) is 6.40. The second-order valence-electron chi connectivity index (χ2n) is 5.45. The zero-order valence-electron chi connectivity index (χ0n) is 11.6. The van der Waals surface area contributed by atoms with E-state index in [0.29, 0.717) is 18.3 Å². The average molecular weight is 269 g/mol. The summed E-state index contributed by atoms with van der Waals surface area (Å²) in [6, 6.07) is 3.78. The standard InChI is InChI=1S/C14H23NO2S/c1-10(2)11(3)8-13(16)15-9-14(4,17)12-6-5-7-18-12/h5-7,10-11,17H,8-9H2,1-4H3,(H,15,16). The molecule has 0 fully saturated rings. The Morgan fingerprint density at radius 1 is 1.50 bits per heavy atom. The molecule has 2 unspecified atom stereocenters. The van der Waals surface area contributed by atoms with Crippen molar-refractivity contribution in [2.24, 2.45) is 11.8 Å². The van der Waals surface area contributed by atoms with E-state index in [2.05, 4.69) is 26.1 Å². The molecule has 0 spiro atoms. The molecule has 0 aromatic carbocycles. The highest BCUT2D eigenvalue weighted by Crippen LogP contribution is 2.24. The van der Waals surface area contributed by atoms with Crippen LogP contribution in [0.15, 0.2) is 17.5 Å². The van der Waals surface area contributed by atoms with Crippen LogP contribution < -0.4 is 5.32 Å². The molecule has 0 aliphatic rings. The average Bonchev–Trinajstić information content (AvgIpc) is 2.80. The first-order chi connectivity index (χ1) is 8.33. The number of nitrogens with one attached hydrogen (secondary N) is 1. The monoisotopic (exact) mass is 269 g/mol. The third-order valence-corrected chi connectivity index (χ3v) is 4.45. The Labute approximate surface area is 113 Å². The van der Waals surface area contributed by atoms with E-state index < -0.39 is 5.60 Å². The molecule has 1 rings (SSSR count). The first-order valence-corrected chi connectivity index (χ1v) is 7.24. The van der Waals surface area contributed by atoms with Crippen LogP contribution >= 0.6 is 11.3 Å². The molecule has 1 aromatic heterocycles. The maximum atomic E-state index is 11.8. The largest absolute Gasteiger partial charge is 0.383 e. The van der Waals surface area contributed by atoms with E-state index in [1.807, 2.05) is 17.5 Å². The molecule has 3 nitrogen and oxygen atoms in total. The SMILES string of the molecule is CC(C)C(C)CC(=O)NCC(C)(O)c1cccs1. The molecule has 2 atom stereocenters. The number of thiophene rings is 1. The van der Waals surface area contributed by atoms with Crippen molar-refractivity contribution >= 4 is 17.2 Å². The molecule has 0 aliphatic heterocycles. The van der Waals surface area contributed by atoms with Gasteiger partial charge in [0.1, 0.15) is 5.60 Å². The fraction of sp³-hybridized carbons (Fsp3) is 0.643. The Kier molecular flexibility index (Phi) is 5.35. The van der Waals surface area contributed by atoms with Crippen LogP contribution in [-0.4, -0.2) is 17.6 Å². The van der Waals surface area contributed by atoms with Crippen LogP contribution in [-0.2, 0) is 10.4 Å². The highest BCUT2D eigenvalue weighted by Gasteiger charge is 2.25. The molecule has 4 heteroatoms. The molecule has 0 radical (unpaired) electrons. The molecule has 2 N–H and O–H groups in total. The molecule has 1 heterocycles. The van der Waals surface area contributed by atoms with E-state index in [1.165, 1.54) is 11.3 Å². The summed E-state index contributed by atoms with van der Waals surface area (Å²) in [6.45, 7) is 8.28. The van der Waals surface area contributed by atoms with Gasteiger partial charge < -0.3 is 10.4 Å². The minimum atomic E-state index is -0.981. The summed E-state index contributed by atoms with van der Waals surface area (Å²) in [5.74, 6) is 0.860. The van der Waals surface area contributed by atoms with Gasteiger partial charge in [-0.3, -0.25) is 4.79 Å². The Hall–Kier alpha value is -0.870. The summed E-state index contributed by atoms with van der Waals surface area (Å²) in [7, 11) is 0. The molecule has 1 amide bonds. The second kappa shape index (κ2) is 6.34. The molecule has 1 aromatic rings. The molecule has 0 bridgehead atoms. The van der Waals surface area contributed by atoms with E-state index in [4.69, 9.17) is 0 Å². The zero-order chi connectivity index (χ0) is 13.8. The van der Waals surface area contributed by atoms with Crippen molar-refractivity contribution in [2.45, 2.75) is 39.7 Å². The molecular formula is C14H23NO2S. The number of hydrogen-bond acceptors (Lipinski definition) is 3. The molecular weight excluding hydrogens is 246 g/mol. The number of rotatable bonds is 6. The van der Waals surface area contributed by atoms with Crippen LogP contribution in [0.2, 0.25) is 0 Å². The van der Waals surface area contributed by atoms with Crippen molar-refractivity contribution in [3.05, 3.63) is 22.4 Å². The van der Waals surface area contributed by atoms with Gasteiger partial charge in [-0.05, 0) is 30.2 Å². The molecule has 0 saturated heterocycles. The van der Waals surface area contributed by atoms with E-state index in [1.54, 1.807) is 6.92 Å². The van der Waals surface area contributed by atoms with Crippen molar-refractivity contribution in [2.75, 3.05) is 6.54 Å². The van der Waals surface area contributed by atoms with Crippen molar-refractivity contribution in [1.29, 1.82) is 0 Å². The third-order valence-electron chi connectivity index (χ3n) is 3.33. The van der Waals surface area contributed by atoms with Gasteiger partial charge in [-0.15, -0.1) is 11.3 Å². The van der Waals surface area contributed by atoms with Crippen molar-refractivity contribution in [3.63, 3.8) is 0 Å². The van der Waals surface area contributed by atoms with Crippen LogP contribution in [0.1, 0.15) is 39.0 Å². The highest BCUT2D eigenvalue weighted by molar-refractivity contribution is 7.10. The maximum absolute atomic E-state index is 11.8. The molecule has 18 heavy (non-hydrogen) atoms. The van der Waals surface area contributed by atoms with Gasteiger partial charge in [0.25, 0.3) is 0 Å². The fourth-order valence-electron chi connectivity index (χ4n) is 1.54. The van der Waals surface area contributed by atoms with Gasteiger partial charge in [0.05, 0.1) is 6.54 Å². The lowest BCUT2D eigenvalue weighted by molar-refractivity contribution is -0.123. The Balaban J connectivity index is 2.43. The quantitative estimate of drug-likeness (QED) is 0.834. The fourth-order valence-corrected chi connectivity index (χ4v) is 2.33. The summed E-state index contributed by atoms with van der Waals surface area (Å²) < 4.78 is 0.